The molecule has 0 aromatic heterocycles. The molecule has 1 amide bonds. The van der Waals surface area contributed by atoms with Crippen molar-refractivity contribution in [2.45, 2.75) is 20.3 Å². The number of hydrogen-bond donors (Lipinski definition) is 2. The van der Waals surface area contributed by atoms with Crippen LogP contribution in [0.5, 0.6) is 5.75 Å². The molecule has 94 valence electrons. The van der Waals surface area contributed by atoms with E-state index in [1.165, 1.54) is 0 Å². The molecule has 17 heavy (non-hydrogen) atoms. The predicted octanol–water partition coefficient (Wildman–Crippen LogP) is 2.01. The van der Waals surface area contributed by atoms with Gasteiger partial charge in [-0.05, 0) is 25.5 Å². The van der Waals surface area contributed by atoms with Crippen LogP contribution in [0.15, 0.2) is 24.3 Å². The van der Waals surface area contributed by atoms with E-state index >= 15 is 0 Å². The second-order valence-corrected chi connectivity index (χ2v) is 3.79. The number of carbonyl (C=O) groups excluding carboxylic acids is 1. The van der Waals surface area contributed by atoms with Crippen molar-refractivity contribution < 1.29 is 9.53 Å². The summed E-state index contributed by atoms with van der Waals surface area (Å²) in [7, 11) is 0. The standard InChI is InChI=1S/C13H20N2O2/c1-3-10(9-14)13(16)15-11-6-5-7-12(8-11)17-4-2/h5-8,10H,3-4,9,14H2,1-2H3,(H,15,16). The van der Waals surface area contributed by atoms with Crippen molar-refractivity contribution in [3.8, 4) is 5.75 Å². The normalized spacial score (nSPS) is 11.9. The number of nitrogens with one attached hydrogen (secondary N) is 1. The topological polar surface area (TPSA) is 64.3 Å². The van der Waals surface area contributed by atoms with Crippen molar-refractivity contribution in [2.75, 3.05) is 18.5 Å². The van der Waals surface area contributed by atoms with Crippen LogP contribution in [-0.2, 0) is 4.79 Å². The number of carbonyl (C=O) groups is 1. The Morgan fingerprint density at radius 1 is 1.47 bits per heavy atom. The van der Waals surface area contributed by atoms with Gasteiger partial charge in [0.25, 0.3) is 0 Å². The van der Waals surface area contributed by atoms with Crippen molar-refractivity contribution in [1.82, 2.24) is 0 Å². The summed E-state index contributed by atoms with van der Waals surface area (Å²) in [5, 5.41) is 2.84. The van der Waals surface area contributed by atoms with E-state index in [-0.39, 0.29) is 11.8 Å². The quantitative estimate of drug-likeness (QED) is 0.794. The third kappa shape index (κ3) is 4.07. The first-order chi connectivity index (χ1) is 8.21. The van der Waals surface area contributed by atoms with Crippen LogP contribution in [0.4, 0.5) is 5.69 Å². The summed E-state index contributed by atoms with van der Waals surface area (Å²) in [6.07, 6.45) is 0.744. The maximum absolute atomic E-state index is 11.8. The molecule has 3 N–H and O–H groups in total. The van der Waals surface area contributed by atoms with Gasteiger partial charge in [-0.15, -0.1) is 0 Å². The zero-order valence-corrected chi connectivity index (χ0v) is 10.4. The highest BCUT2D eigenvalue weighted by Gasteiger charge is 2.14. The zero-order chi connectivity index (χ0) is 12.7. The van der Waals surface area contributed by atoms with Gasteiger partial charge in [0, 0.05) is 18.3 Å². The van der Waals surface area contributed by atoms with Crippen molar-refractivity contribution in [3.05, 3.63) is 24.3 Å². The first-order valence-electron chi connectivity index (χ1n) is 5.95. The Morgan fingerprint density at radius 2 is 2.24 bits per heavy atom. The first kappa shape index (κ1) is 13.5. The average Bonchev–Trinajstić information content (AvgIpc) is 2.31. The lowest BCUT2D eigenvalue weighted by Crippen LogP contribution is -2.28. The number of benzene rings is 1. The van der Waals surface area contributed by atoms with E-state index < -0.39 is 0 Å². The third-order valence-corrected chi connectivity index (χ3v) is 2.56. The zero-order valence-electron chi connectivity index (χ0n) is 10.4. The van der Waals surface area contributed by atoms with Gasteiger partial charge in [0.2, 0.25) is 5.91 Å². The van der Waals surface area contributed by atoms with Crippen LogP contribution in [0.3, 0.4) is 0 Å². The van der Waals surface area contributed by atoms with Gasteiger partial charge in [-0.25, -0.2) is 0 Å². The summed E-state index contributed by atoms with van der Waals surface area (Å²) in [5.41, 5.74) is 6.27. The molecular weight excluding hydrogens is 216 g/mol. The van der Waals surface area contributed by atoms with E-state index in [0.29, 0.717) is 13.2 Å². The van der Waals surface area contributed by atoms with E-state index in [4.69, 9.17) is 10.5 Å². The molecule has 0 aliphatic heterocycles. The molecule has 1 rings (SSSR count). The van der Waals surface area contributed by atoms with Gasteiger partial charge in [0.15, 0.2) is 0 Å². The Bertz CT molecular complexity index is 362. The molecule has 0 spiro atoms. The highest BCUT2D eigenvalue weighted by molar-refractivity contribution is 5.92. The maximum atomic E-state index is 11.8. The van der Waals surface area contributed by atoms with Gasteiger partial charge < -0.3 is 15.8 Å². The minimum absolute atomic E-state index is 0.0383. The average molecular weight is 236 g/mol. The highest BCUT2D eigenvalue weighted by atomic mass is 16.5. The Morgan fingerprint density at radius 3 is 2.82 bits per heavy atom. The SMILES string of the molecule is CCOc1cccc(NC(=O)C(CC)CN)c1. The second kappa shape index (κ2) is 6.91. The van der Waals surface area contributed by atoms with Crippen molar-refractivity contribution in [3.63, 3.8) is 0 Å². The van der Waals surface area contributed by atoms with Crippen LogP contribution in [0.2, 0.25) is 0 Å². The Kier molecular flexibility index (Phi) is 5.49. The summed E-state index contributed by atoms with van der Waals surface area (Å²) in [6, 6.07) is 7.36. The van der Waals surface area contributed by atoms with Gasteiger partial charge in [-0.1, -0.05) is 13.0 Å². The van der Waals surface area contributed by atoms with Gasteiger partial charge >= 0.3 is 0 Å². The minimum atomic E-state index is -0.134. The van der Waals surface area contributed by atoms with Gasteiger partial charge in [-0.2, -0.15) is 0 Å². The van der Waals surface area contributed by atoms with Crippen LogP contribution in [0.1, 0.15) is 20.3 Å². The predicted molar refractivity (Wildman–Crippen MR) is 69.1 cm³/mol. The summed E-state index contributed by atoms with van der Waals surface area (Å²) in [4.78, 5) is 11.8. The lowest BCUT2D eigenvalue weighted by atomic mass is 10.1. The summed E-state index contributed by atoms with van der Waals surface area (Å²) in [6.45, 7) is 4.85. The molecule has 0 fully saturated rings. The third-order valence-electron chi connectivity index (χ3n) is 2.56. The first-order valence-corrected chi connectivity index (χ1v) is 5.95. The number of hydrogen-bond acceptors (Lipinski definition) is 3. The molecule has 0 radical (unpaired) electrons. The maximum Gasteiger partial charge on any atom is 0.228 e. The molecule has 0 saturated heterocycles. The van der Waals surface area contributed by atoms with E-state index in [0.717, 1.165) is 17.9 Å². The van der Waals surface area contributed by atoms with Gasteiger partial charge in [0.1, 0.15) is 5.75 Å². The van der Waals surface area contributed by atoms with E-state index in [2.05, 4.69) is 5.32 Å². The lowest BCUT2D eigenvalue weighted by molar-refractivity contribution is -0.119. The molecule has 0 aliphatic carbocycles. The smallest absolute Gasteiger partial charge is 0.228 e. The van der Waals surface area contributed by atoms with Crippen LogP contribution in [-0.4, -0.2) is 19.1 Å². The highest BCUT2D eigenvalue weighted by Crippen LogP contribution is 2.18. The van der Waals surface area contributed by atoms with Gasteiger partial charge in [0.05, 0.1) is 12.5 Å². The summed E-state index contributed by atoms with van der Waals surface area (Å²) < 4.78 is 5.37. The van der Waals surface area contributed by atoms with Crippen molar-refractivity contribution >= 4 is 11.6 Å². The molecular formula is C13H20N2O2. The summed E-state index contributed by atoms with van der Waals surface area (Å²) >= 11 is 0. The van der Waals surface area contributed by atoms with Crippen molar-refractivity contribution in [1.29, 1.82) is 0 Å². The molecule has 1 atom stereocenters. The molecule has 1 aromatic carbocycles. The van der Waals surface area contributed by atoms with Crippen LogP contribution in [0.25, 0.3) is 0 Å². The molecule has 1 aromatic rings. The van der Waals surface area contributed by atoms with Crippen LogP contribution >= 0.6 is 0 Å². The Balaban J connectivity index is 2.67. The van der Waals surface area contributed by atoms with E-state index in [1.54, 1.807) is 0 Å². The summed E-state index contributed by atoms with van der Waals surface area (Å²) in [5.74, 6) is 0.584. The van der Waals surface area contributed by atoms with Crippen LogP contribution < -0.4 is 15.8 Å². The van der Waals surface area contributed by atoms with E-state index in [9.17, 15) is 4.79 Å². The molecule has 0 bridgehead atoms. The minimum Gasteiger partial charge on any atom is -0.494 e. The Labute approximate surface area is 102 Å². The second-order valence-electron chi connectivity index (χ2n) is 3.79. The monoisotopic (exact) mass is 236 g/mol. The number of nitrogens with two attached hydrogens (primary N) is 1. The largest absolute Gasteiger partial charge is 0.494 e. The van der Waals surface area contributed by atoms with E-state index in [1.807, 2.05) is 38.1 Å². The number of ether oxygens (including phenoxy) is 1. The molecule has 0 saturated carbocycles. The van der Waals surface area contributed by atoms with Crippen molar-refractivity contribution in [2.24, 2.45) is 11.7 Å². The molecule has 0 aliphatic rings. The molecule has 4 nitrogen and oxygen atoms in total. The van der Waals surface area contributed by atoms with Gasteiger partial charge in [-0.3, -0.25) is 4.79 Å². The Hall–Kier alpha value is -1.55. The molecule has 0 heterocycles. The molecule has 4 heteroatoms. The number of rotatable bonds is 6. The lowest BCUT2D eigenvalue weighted by Gasteiger charge is -2.13. The fourth-order valence-electron chi connectivity index (χ4n) is 1.53. The number of anilines is 1. The fraction of sp³-hybridized carbons (Fsp3) is 0.462. The fourth-order valence-corrected chi connectivity index (χ4v) is 1.53. The molecule has 1 unspecified atom stereocenters. The number of amides is 1. The van der Waals surface area contributed by atoms with Crippen LogP contribution in [0, 0.1) is 5.92 Å².